The predicted molar refractivity (Wildman–Crippen MR) is 100 cm³/mol. The molecule has 27 heavy (non-hydrogen) atoms. The number of nitrogens with zero attached hydrogens (tertiary/aromatic N) is 6. The van der Waals surface area contributed by atoms with Gasteiger partial charge in [-0.1, -0.05) is 0 Å². The van der Waals surface area contributed by atoms with E-state index in [9.17, 15) is 4.79 Å². The molecule has 0 bridgehead atoms. The van der Waals surface area contributed by atoms with Gasteiger partial charge in [0.15, 0.2) is 17.0 Å². The Kier molecular flexibility index (Phi) is 4.47. The number of nitrogen functional groups attached to an aromatic ring is 1. The Labute approximate surface area is 154 Å². The molecule has 1 saturated heterocycles. The molecule has 0 spiro atoms. The summed E-state index contributed by atoms with van der Waals surface area (Å²) in [6.07, 6.45) is 3.25. The summed E-state index contributed by atoms with van der Waals surface area (Å²) in [7, 11) is 0. The van der Waals surface area contributed by atoms with Crippen molar-refractivity contribution < 1.29 is 9.53 Å². The first-order chi connectivity index (χ1) is 13.1. The maximum absolute atomic E-state index is 11.1. The van der Waals surface area contributed by atoms with Gasteiger partial charge in [-0.05, 0) is 12.1 Å². The van der Waals surface area contributed by atoms with E-state index in [-0.39, 0.29) is 11.9 Å². The Bertz CT molecular complexity index is 986. The van der Waals surface area contributed by atoms with Crippen LogP contribution in [-0.4, -0.2) is 57.1 Å². The molecule has 4 rings (SSSR count). The first-order valence-corrected chi connectivity index (χ1v) is 8.47. The second-order valence-electron chi connectivity index (χ2n) is 6.05. The number of ether oxygens (including phenoxy) is 1. The number of fused-ring (bicyclic) bond motifs is 1. The number of anilines is 3. The number of aromatic nitrogens is 5. The van der Waals surface area contributed by atoms with Gasteiger partial charge in [0.25, 0.3) is 0 Å². The maximum Gasteiger partial charge on any atom is 0.224 e. The minimum absolute atomic E-state index is 0.160. The van der Waals surface area contributed by atoms with Crippen molar-refractivity contribution in [2.75, 3.05) is 42.3 Å². The average Bonchev–Trinajstić information content (AvgIpc) is 2.68. The van der Waals surface area contributed by atoms with E-state index in [1.165, 1.54) is 6.92 Å². The lowest BCUT2D eigenvalue weighted by Gasteiger charge is -2.28. The highest BCUT2D eigenvalue weighted by atomic mass is 16.5. The molecule has 0 aromatic carbocycles. The van der Waals surface area contributed by atoms with Gasteiger partial charge in [-0.2, -0.15) is 9.97 Å². The SMILES string of the molecule is CC(=O)Nc1ccc(-c2cnc3nc(N)nc(N4CCOCC4)c3n2)cn1. The Morgan fingerprint density at radius 1 is 1.15 bits per heavy atom. The normalized spacial score (nSPS) is 14.3. The Hall–Kier alpha value is -3.40. The standard InChI is InChI=1S/C17H18N8O2/c1-10(26)21-13-3-2-11(8-19-13)12-9-20-15-14(22-12)16(24-17(18)23-15)25-4-6-27-7-5-25/h2-3,8-9H,4-7H2,1H3,(H,19,21,26)(H2,18,20,23,24). The van der Waals surface area contributed by atoms with Gasteiger partial charge in [0, 0.05) is 31.8 Å². The third-order valence-electron chi connectivity index (χ3n) is 4.08. The summed E-state index contributed by atoms with van der Waals surface area (Å²) in [5.41, 5.74) is 8.26. The number of hydrogen-bond donors (Lipinski definition) is 2. The number of carbonyl (C=O) groups excluding carboxylic acids is 1. The van der Waals surface area contributed by atoms with Crippen LogP contribution in [0.25, 0.3) is 22.4 Å². The van der Waals surface area contributed by atoms with Gasteiger partial charge >= 0.3 is 0 Å². The van der Waals surface area contributed by atoms with Crippen LogP contribution < -0.4 is 16.0 Å². The third kappa shape index (κ3) is 3.60. The Morgan fingerprint density at radius 2 is 1.96 bits per heavy atom. The van der Waals surface area contributed by atoms with E-state index in [4.69, 9.17) is 15.5 Å². The van der Waals surface area contributed by atoms with Crippen molar-refractivity contribution in [1.82, 2.24) is 24.9 Å². The van der Waals surface area contributed by atoms with E-state index in [1.807, 2.05) is 6.07 Å². The van der Waals surface area contributed by atoms with Gasteiger partial charge in [-0.25, -0.2) is 15.0 Å². The van der Waals surface area contributed by atoms with Crippen LogP contribution in [0.3, 0.4) is 0 Å². The van der Waals surface area contributed by atoms with Gasteiger partial charge < -0.3 is 20.7 Å². The van der Waals surface area contributed by atoms with Crippen LogP contribution in [0.5, 0.6) is 0 Å². The fourth-order valence-electron chi connectivity index (χ4n) is 2.84. The van der Waals surface area contributed by atoms with Crippen molar-refractivity contribution in [3.8, 4) is 11.3 Å². The van der Waals surface area contributed by atoms with Crippen LogP contribution in [0.2, 0.25) is 0 Å². The summed E-state index contributed by atoms with van der Waals surface area (Å²) < 4.78 is 5.40. The van der Waals surface area contributed by atoms with E-state index in [0.717, 1.165) is 5.56 Å². The molecule has 0 unspecified atom stereocenters. The summed E-state index contributed by atoms with van der Waals surface area (Å²) in [6, 6.07) is 3.53. The summed E-state index contributed by atoms with van der Waals surface area (Å²) >= 11 is 0. The van der Waals surface area contributed by atoms with Gasteiger partial charge in [0.2, 0.25) is 11.9 Å². The molecule has 3 aromatic heterocycles. The minimum Gasteiger partial charge on any atom is -0.378 e. The van der Waals surface area contributed by atoms with Crippen LogP contribution in [0.4, 0.5) is 17.6 Å². The average molecular weight is 366 g/mol. The number of nitrogens with one attached hydrogen (secondary N) is 1. The summed E-state index contributed by atoms with van der Waals surface area (Å²) in [6.45, 7) is 4.07. The van der Waals surface area contributed by atoms with Crippen molar-refractivity contribution in [2.24, 2.45) is 0 Å². The van der Waals surface area contributed by atoms with Crippen molar-refractivity contribution in [2.45, 2.75) is 6.92 Å². The van der Waals surface area contributed by atoms with Crippen LogP contribution in [0.15, 0.2) is 24.5 Å². The molecule has 1 aliphatic heterocycles. The molecule has 10 heteroatoms. The van der Waals surface area contributed by atoms with Crippen LogP contribution >= 0.6 is 0 Å². The van der Waals surface area contributed by atoms with Crippen molar-refractivity contribution in [3.05, 3.63) is 24.5 Å². The Morgan fingerprint density at radius 3 is 2.67 bits per heavy atom. The van der Waals surface area contributed by atoms with Gasteiger partial charge in [0.05, 0.1) is 25.1 Å². The maximum atomic E-state index is 11.1. The summed E-state index contributed by atoms with van der Waals surface area (Å²) in [5.74, 6) is 1.11. The number of rotatable bonds is 3. The number of hydrogen-bond acceptors (Lipinski definition) is 9. The molecule has 3 N–H and O–H groups in total. The molecule has 138 valence electrons. The molecule has 1 amide bonds. The second kappa shape index (κ2) is 7.08. The van der Waals surface area contributed by atoms with E-state index < -0.39 is 0 Å². The lowest BCUT2D eigenvalue weighted by molar-refractivity contribution is -0.114. The first-order valence-electron chi connectivity index (χ1n) is 8.47. The largest absolute Gasteiger partial charge is 0.378 e. The van der Waals surface area contributed by atoms with Gasteiger partial charge in [0.1, 0.15) is 5.82 Å². The van der Waals surface area contributed by atoms with E-state index >= 15 is 0 Å². The lowest BCUT2D eigenvalue weighted by atomic mass is 10.2. The molecule has 3 aromatic rings. The molecule has 0 radical (unpaired) electrons. The summed E-state index contributed by atoms with van der Waals surface area (Å²) in [4.78, 5) is 35.1. The zero-order valence-electron chi connectivity index (χ0n) is 14.7. The molecular weight excluding hydrogens is 348 g/mol. The molecule has 4 heterocycles. The van der Waals surface area contributed by atoms with E-state index in [1.54, 1.807) is 18.5 Å². The number of nitrogens with two attached hydrogens (primary N) is 1. The van der Waals surface area contributed by atoms with Crippen molar-refractivity contribution in [3.63, 3.8) is 0 Å². The first kappa shape index (κ1) is 17.0. The lowest BCUT2D eigenvalue weighted by Crippen LogP contribution is -2.37. The van der Waals surface area contributed by atoms with E-state index in [0.29, 0.717) is 54.8 Å². The monoisotopic (exact) mass is 366 g/mol. The molecule has 0 aliphatic carbocycles. The molecular formula is C17H18N8O2. The van der Waals surface area contributed by atoms with Crippen LogP contribution in [-0.2, 0) is 9.53 Å². The van der Waals surface area contributed by atoms with Gasteiger partial charge in [-0.15, -0.1) is 0 Å². The smallest absolute Gasteiger partial charge is 0.224 e. The number of pyridine rings is 1. The number of amides is 1. The highest BCUT2D eigenvalue weighted by molar-refractivity contribution is 5.88. The zero-order chi connectivity index (χ0) is 18.8. The predicted octanol–water partition coefficient (Wildman–Crippen LogP) is 0.859. The fourth-order valence-corrected chi connectivity index (χ4v) is 2.84. The second-order valence-corrected chi connectivity index (χ2v) is 6.05. The third-order valence-corrected chi connectivity index (χ3v) is 4.08. The fraction of sp³-hybridized carbons (Fsp3) is 0.294. The van der Waals surface area contributed by atoms with Gasteiger partial charge in [-0.3, -0.25) is 4.79 Å². The number of carbonyl (C=O) groups is 1. The Balaban J connectivity index is 1.74. The molecule has 0 saturated carbocycles. The molecule has 1 fully saturated rings. The van der Waals surface area contributed by atoms with Crippen molar-refractivity contribution >= 4 is 34.7 Å². The molecule has 10 nitrogen and oxygen atoms in total. The minimum atomic E-state index is -0.175. The quantitative estimate of drug-likeness (QED) is 0.692. The van der Waals surface area contributed by atoms with Crippen LogP contribution in [0.1, 0.15) is 6.92 Å². The number of morpholine rings is 1. The topological polar surface area (TPSA) is 132 Å². The molecule has 1 aliphatic rings. The molecule has 0 atom stereocenters. The van der Waals surface area contributed by atoms with E-state index in [2.05, 4.69) is 30.2 Å². The van der Waals surface area contributed by atoms with Crippen molar-refractivity contribution in [1.29, 1.82) is 0 Å². The summed E-state index contributed by atoms with van der Waals surface area (Å²) in [5, 5.41) is 2.63. The highest BCUT2D eigenvalue weighted by Crippen LogP contribution is 2.26. The van der Waals surface area contributed by atoms with Crippen LogP contribution in [0, 0.1) is 0 Å². The zero-order valence-corrected chi connectivity index (χ0v) is 14.7. The highest BCUT2D eigenvalue weighted by Gasteiger charge is 2.19.